The predicted molar refractivity (Wildman–Crippen MR) is 116 cm³/mol. The van der Waals surface area contributed by atoms with Crippen LogP contribution in [0, 0.1) is 0 Å². The van der Waals surface area contributed by atoms with Crippen LogP contribution in [0.15, 0.2) is 72.3 Å². The van der Waals surface area contributed by atoms with E-state index in [2.05, 4.69) is 0 Å². The van der Waals surface area contributed by atoms with Gasteiger partial charge < -0.3 is 14.2 Å². The smallest absolute Gasteiger partial charge is 0.341 e. The summed E-state index contributed by atoms with van der Waals surface area (Å²) < 4.78 is 16.1. The van der Waals surface area contributed by atoms with Gasteiger partial charge in [-0.2, -0.15) is 0 Å². The number of carbonyl (C=O) groups is 2. The fourth-order valence-electron chi connectivity index (χ4n) is 3.03. The topological polar surface area (TPSA) is 61.8 Å². The zero-order valence-electron chi connectivity index (χ0n) is 17.1. The molecule has 0 saturated carbocycles. The van der Waals surface area contributed by atoms with Gasteiger partial charge in [0.25, 0.3) is 0 Å². The van der Waals surface area contributed by atoms with Crippen molar-refractivity contribution in [2.45, 2.75) is 13.5 Å². The molecule has 0 atom stereocenters. The number of benzene rings is 3. The Hall–Kier alpha value is -3.44. The quantitative estimate of drug-likeness (QED) is 0.172. The molecule has 3 aromatic carbocycles. The summed E-state index contributed by atoms with van der Waals surface area (Å²) in [5, 5.41) is 1.86. The van der Waals surface area contributed by atoms with Crippen LogP contribution in [0.3, 0.4) is 0 Å². The van der Waals surface area contributed by atoms with Gasteiger partial charge in [0.2, 0.25) is 0 Å². The minimum Gasteiger partial charge on any atom is -0.488 e. The summed E-state index contributed by atoms with van der Waals surface area (Å²) in [4.78, 5) is 24.7. The number of esters is 1. The number of ketones is 1. The van der Waals surface area contributed by atoms with Crippen molar-refractivity contribution >= 4 is 28.6 Å². The maximum atomic E-state index is 12.5. The fourth-order valence-corrected chi connectivity index (χ4v) is 3.03. The van der Waals surface area contributed by atoms with Gasteiger partial charge in [0.15, 0.2) is 5.78 Å². The monoisotopic (exact) mass is 404 g/mol. The first kappa shape index (κ1) is 21.3. The molecule has 3 aromatic rings. The Kier molecular flexibility index (Phi) is 7.35. The van der Waals surface area contributed by atoms with E-state index in [0.29, 0.717) is 17.9 Å². The van der Waals surface area contributed by atoms with Crippen molar-refractivity contribution in [2.24, 2.45) is 0 Å². The molecule has 0 amide bonds. The van der Waals surface area contributed by atoms with E-state index in [1.807, 2.05) is 66.7 Å². The second kappa shape index (κ2) is 10.4. The largest absolute Gasteiger partial charge is 0.488 e. The lowest BCUT2D eigenvalue weighted by molar-refractivity contribution is -0.141. The van der Waals surface area contributed by atoms with E-state index in [1.165, 1.54) is 14.0 Å². The van der Waals surface area contributed by atoms with Gasteiger partial charge >= 0.3 is 5.97 Å². The highest BCUT2D eigenvalue weighted by Gasteiger charge is 2.18. The Balaban J connectivity index is 2.00. The van der Waals surface area contributed by atoms with Crippen LogP contribution >= 0.6 is 0 Å². The van der Waals surface area contributed by atoms with Crippen LogP contribution in [-0.4, -0.2) is 32.1 Å². The SMILES string of the molecule is COCCOC(=O)/C(=C/c1c(OCc2ccccc2)ccc2ccccc12)C(C)=O. The third-order valence-corrected chi connectivity index (χ3v) is 4.58. The van der Waals surface area contributed by atoms with E-state index < -0.39 is 5.97 Å². The number of carbonyl (C=O) groups excluding carboxylic acids is 2. The standard InChI is InChI=1S/C25H24O5/c1-18(26)22(25(27)29-15-14-28-2)16-23-21-11-7-6-10-20(21)12-13-24(23)30-17-19-8-4-3-5-9-19/h3-13,16H,14-15,17H2,1-2H3/b22-16+. The number of fused-ring (bicyclic) bond motifs is 1. The van der Waals surface area contributed by atoms with E-state index in [-0.39, 0.29) is 24.6 Å². The molecule has 0 radical (unpaired) electrons. The summed E-state index contributed by atoms with van der Waals surface area (Å²) in [5.74, 6) is -0.471. The van der Waals surface area contributed by atoms with Gasteiger partial charge in [-0.3, -0.25) is 4.79 Å². The molecule has 154 valence electrons. The fraction of sp³-hybridized carbons (Fsp3) is 0.200. The van der Waals surface area contributed by atoms with E-state index in [0.717, 1.165) is 16.3 Å². The maximum Gasteiger partial charge on any atom is 0.341 e. The van der Waals surface area contributed by atoms with Crippen LogP contribution in [0.25, 0.3) is 16.8 Å². The van der Waals surface area contributed by atoms with Gasteiger partial charge in [-0.1, -0.05) is 60.7 Å². The van der Waals surface area contributed by atoms with E-state index in [4.69, 9.17) is 14.2 Å². The molecule has 0 aliphatic heterocycles. The molecule has 3 rings (SSSR count). The third kappa shape index (κ3) is 5.33. The zero-order valence-corrected chi connectivity index (χ0v) is 17.1. The second-order valence-corrected chi connectivity index (χ2v) is 6.72. The molecule has 0 fully saturated rings. The molecule has 5 heteroatoms. The van der Waals surface area contributed by atoms with Gasteiger partial charge in [0.05, 0.1) is 6.61 Å². The van der Waals surface area contributed by atoms with Crippen molar-refractivity contribution in [3.8, 4) is 5.75 Å². The number of Topliss-reactive ketones (excluding diaryl/α,β-unsaturated/α-hetero) is 1. The Morgan fingerprint density at radius 2 is 1.63 bits per heavy atom. The Morgan fingerprint density at radius 3 is 2.37 bits per heavy atom. The lowest BCUT2D eigenvalue weighted by atomic mass is 10.00. The summed E-state index contributed by atoms with van der Waals surface area (Å²) in [6.45, 7) is 2.05. The lowest BCUT2D eigenvalue weighted by Gasteiger charge is -2.13. The summed E-state index contributed by atoms with van der Waals surface area (Å²) in [6.07, 6.45) is 1.56. The molecule has 0 aliphatic rings. The van der Waals surface area contributed by atoms with Crippen molar-refractivity contribution in [1.82, 2.24) is 0 Å². The molecular formula is C25H24O5. The van der Waals surface area contributed by atoms with Crippen LogP contribution in [-0.2, 0) is 25.7 Å². The van der Waals surface area contributed by atoms with Crippen molar-refractivity contribution in [3.63, 3.8) is 0 Å². The summed E-state index contributed by atoms with van der Waals surface area (Å²) in [6, 6.07) is 21.4. The molecule has 0 heterocycles. The van der Waals surface area contributed by atoms with Crippen molar-refractivity contribution in [3.05, 3.63) is 83.4 Å². The molecule has 0 bridgehead atoms. The molecular weight excluding hydrogens is 380 g/mol. The van der Waals surface area contributed by atoms with Gasteiger partial charge in [-0.25, -0.2) is 4.79 Å². The van der Waals surface area contributed by atoms with Crippen molar-refractivity contribution in [1.29, 1.82) is 0 Å². The Morgan fingerprint density at radius 1 is 0.900 bits per heavy atom. The first-order chi connectivity index (χ1) is 14.6. The molecule has 5 nitrogen and oxygen atoms in total. The summed E-state index contributed by atoms with van der Waals surface area (Å²) >= 11 is 0. The van der Waals surface area contributed by atoms with Crippen molar-refractivity contribution < 1.29 is 23.8 Å². The number of ether oxygens (including phenoxy) is 3. The summed E-state index contributed by atoms with van der Waals surface area (Å²) in [7, 11) is 1.52. The lowest BCUT2D eigenvalue weighted by Crippen LogP contribution is -2.16. The molecule has 0 aromatic heterocycles. The number of methoxy groups -OCH3 is 1. The van der Waals surface area contributed by atoms with Crippen molar-refractivity contribution in [2.75, 3.05) is 20.3 Å². The average Bonchev–Trinajstić information content (AvgIpc) is 2.76. The second-order valence-electron chi connectivity index (χ2n) is 6.72. The van der Waals surface area contributed by atoms with Crippen LogP contribution < -0.4 is 4.74 Å². The molecule has 0 aliphatic carbocycles. The van der Waals surface area contributed by atoms with Crippen LogP contribution in [0.1, 0.15) is 18.1 Å². The van der Waals surface area contributed by atoms with Gasteiger partial charge in [-0.05, 0) is 35.4 Å². The Bertz CT molecular complexity index is 1050. The number of rotatable bonds is 9. The molecule has 0 unspecified atom stereocenters. The van der Waals surface area contributed by atoms with Crippen LogP contribution in [0.4, 0.5) is 0 Å². The maximum absolute atomic E-state index is 12.5. The molecule has 0 saturated heterocycles. The molecule has 0 N–H and O–H groups in total. The highest BCUT2D eigenvalue weighted by molar-refractivity contribution is 6.20. The Labute approximate surface area is 175 Å². The van der Waals surface area contributed by atoms with Crippen LogP contribution in [0.2, 0.25) is 0 Å². The van der Waals surface area contributed by atoms with Gasteiger partial charge in [0, 0.05) is 12.7 Å². The first-order valence-corrected chi connectivity index (χ1v) is 9.67. The molecule has 30 heavy (non-hydrogen) atoms. The van der Waals surface area contributed by atoms with Crippen LogP contribution in [0.5, 0.6) is 5.75 Å². The van der Waals surface area contributed by atoms with Gasteiger partial charge in [0.1, 0.15) is 24.5 Å². The molecule has 0 spiro atoms. The third-order valence-electron chi connectivity index (χ3n) is 4.58. The average molecular weight is 404 g/mol. The minimum atomic E-state index is -0.679. The van der Waals surface area contributed by atoms with E-state index in [1.54, 1.807) is 6.08 Å². The van der Waals surface area contributed by atoms with Gasteiger partial charge in [-0.15, -0.1) is 0 Å². The highest BCUT2D eigenvalue weighted by atomic mass is 16.6. The first-order valence-electron chi connectivity index (χ1n) is 9.67. The number of hydrogen-bond donors (Lipinski definition) is 0. The summed E-state index contributed by atoms with van der Waals surface area (Å²) in [5.41, 5.74) is 1.65. The van der Waals surface area contributed by atoms with E-state index in [9.17, 15) is 9.59 Å². The van der Waals surface area contributed by atoms with E-state index >= 15 is 0 Å². The normalized spacial score (nSPS) is 11.3. The minimum absolute atomic E-state index is 0.0352. The zero-order chi connectivity index (χ0) is 21.3. The number of hydrogen-bond acceptors (Lipinski definition) is 5. The highest BCUT2D eigenvalue weighted by Crippen LogP contribution is 2.31. The predicted octanol–water partition coefficient (Wildman–Crippen LogP) is 4.58.